The summed E-state index contributed by atoms with van der Waals surface area (Å²) in [6.45, 7) is 0.972. The Morgan fingerprint density at radius 3 is 1.15 bits per heavy atom. The topological polar surface area (TPSA) is 77.1 Å². The molecular formula is C6H15NO6. The van der Waals surface area contributed by atoms with Crippen molar-refractivity contribution in [2.45, 2.75) is 6.92 Å². The molecule has 0 atom stereocenters. The number of carboxylic acids is 1. The summed E-state index contributed by atoms with van der Waals surface area (Å²) in [6, 6.07) is 0. The maximum Gasteiger partial charge on any atom is 0.246 e. The minimum Gasteiger partial charge on any atom is -0.550 e. The monoisotopic (exact) mass is 197 g/mol. The third-order valence-electron chi connectivity index (χ3n) is 0.894. The zero-order valence-electron chi connectivity index (χ0n) is 8.40. The highest BCUT2D eigenvalue weighted by molar-refractivity contribution is 5.60. The van der Waals surface area contributed by atoms with Crippen molar-refractivity contribution < 1.29 is 34.4 Å². The van der Waals surface area contributed by atoms with Gasteiger partial charge in [0.2, 0.25) is 5.14 Å². The number of hydrogen-bond acceptors (Lipinski definition) is 6. The van der Waals surface area contributed by atoms with E-state index >= 15 is 0 Å². The number of carbonyl (C=O) groups excluding carboxylic acids is 1. The summed E-state index contributed by atoms with van der Waals surface area (Å²) >= 11 is 0. The minimum absolute atomic E-state index is 0.722. The predicted molar refractivity (Wildman–Crippen MR) is 39.0 cm³/mol. The first-order chi connectivity index (χ1) is 5.97. The van der Waals surface area contributed by atoms with Crippen LogP contribution in [0.5, 0.6) is 0 Å². The van der Waals surface area contributed by atoms with Crippen LogP contribution < -0.4 is 5.11 Å². The zero-order chi connectivity index (χ0) is 10.9. The van der Waals surface area contributed by atoms with Crippen molar-refractivity contribution in [2.24, 2.45) is 0 Å². The Morgan fingerprint density at radius 1 is 1.00 bits per heavy atom. The summed E-state index contributed by atoms with van der Waals surface area (Å²) in [4.78, 5) is 27.5. The van der Waals surface area contributed by atoms with Crippen molar-refractivity contribution in [2.75, 3.05) is 28.4 Å². The van der Waals surface area contributed by atoms with Gasteiger partial charge in [0, 0.05) is 5.97 Å². The fraction of sp³-hybridized carbons (Fsp3) is 0.833. The molecule has 0 bridgehead atoms. The Balaban J connectivity index is 0. The van der Waals surface area contributed by atoms with Crippen LogP contribution >= 0.6 is 0 Å². The highest BCUT2D eigenvalue weighted by Crippen LogP contribution is 2.05. The molecule has 0 heterocycles. The fourth-order valence-electron chi connectivity index (χ4n) is 0.447. The molecule has 0 aliphatic carbocycles. The second-order valence-corrected chi connectivity index (χ2v) is 1.67. The summed E-state index contributed by atoms with van der Waals surface area (Å²) in [5, 5.41) is 8.17. The Hall–Kier alpha value is -0.730. The molecular weight excluding hydrogens is 182 g/mol. The summed E-state index contributed by atoms with van der Waals surface area (Å²) in [5.74, 6) is -1.08. The van der Waals surface area contributed by atoms with Crippen LogP contribution in [0, 0.1) is 0 Å². The standard InChI is InChI=1S/C4H12NO4.C2H4O2/c1-6-5(7-2,8-3)9-4;1-2(3)4/h1-4H3;1H3,(H,3,4)/q+1;/p-1. The predicted octanol–water partition coefficient (Wildman–Crippen LogP) is -1.19. The van der Waals surface area contributed by atoms with E-state index in [2.05, 4.69) is 19.4 Å². The molecule has 0 saturated heterocycles. The van der Waals surface area contributed by atoms with Gasteiger partial charge in [0.25, 0.3) is 0 Å². The van der Waals surface area contributed by atoms with Gasteiger partial charge in [-0.25, -0.2) is 0 Å². The van der Waals surface area contributed by atoms with E-state index in [1.165, 1.54) is 28.4 Å². The lowest BCUT2D eigenvalue weighted by Gasteiger charge is -2.18. The Kier molecular flexibility index (Phi) is 8.97. The largest absolute Gasteiger partial charge is 0.550 e. The molecule has 7 heteroatoms. The van der Waals surface area contributed by atoms with Crippen molar-refractivity contribution in [3.63, 3.8) is 0 Å². The average Bonchev–Trinajstić information content (AvgIpc) is 2.09. The second kappa shape index (κ2) is 7.90. The van der Waals surface area contributed by atoms with E-state index in [1.807, 2.05) is 0 Å². The van der Waals surface area contributed by atoms with E-state index in [9.17, 15) is 0 Å². The SMILES string of the molecule is CC(=O)[O-].CO[N+](OC)(OC)OC. The van der Waals surface area contributed by atoms with Crippen LogP contribution in [-0.4, -0.2) is 39.5 Å². The van der Waals surface area contributed by atoms with Gasteiger partial charge in [0.1, 0.15) is 28.4 Å². The van der Waals surface area contributed by atoms with Gasteiger partial charge in [0.05, 0.1) is 0 Å². The van der Waals surface area contributed by atoms with Gasteiger partial charge in [-0.1, -0.05) is 19.4 Å². The zero-order valence-corrected chi connectivity index (χ0v) is 8.40. The molecule has 0 fully saturated rings. The van der Waals surface area contributed by atoms with Crippen molar-refractivity contribution in [3.05, 3.63) is 0 Å². The molecule has 0 aliphatic rings. The van der Waals surface area contributed by atoms with Crippen molar-refractivity contribution in [1.29, 1.82) is 0 Å². The maximum absolute atomic E-state index is 8.89. The van der Waals surface area contributed by atoms with E-state index in [0.29, 0.717) is 0 Å². The molecule has 13 heavy (non-hydrogen) atoms. The van der Waals surface area contributed by atoms with E-state index in [4.69, 9.17) is 9.90 Å². The van der Waals surface area contributed by atoms with Crippen LogP contribution in [0.4, 0.5) is 0 Å². The number of nitrogens with zero attached hydrogens (tertiary/aromatic N) is 1. The molecule has 0 aliphatic heterocycles. The van der Waals surface area contributed by atoms with E-state index in [1.54, 1.807) is 0 Å². The minimum atomic E-state index is -1.08. The van der Waals surface area contributed by atoms with Gasteiger partial charge in [-0.3, -0.25) is 0 Å². The lowest BCUT2D eigenvalue weighted by molar-refractivity contribution is -1.47. The van der Waals surface area contributed by atoms with E-state index in [-0.39, 0.29) is 0 Å². The van der Waals surface area contributed by atoms with Crippen LogP contribution in [0.3, 0.4) is 0 Å². The number of aliphatic carboxylic acids is 1. The number of quaternary nitrogens is 1. The Bertz CT molecular complexity index is 114. The fourth-order valence-corrected chi connectivity index (χ4v) is 0.447. The molecule has 0 rings (SSSR count). The molecule has 0 aromatic carbocycles. The lowest BCUT2D eigenvalue weighted by atomic mass is 10.9. The average molecular weight is 197 g/mol. The highest BCUT2D eigenvalue weighted by Gasteiger charge is 2.31. The van der Waals surface area contributed by atoms with Crippen LogP contribution in [0.2, 0.25) is 0 Å². The van der Waals surface area contributed by atoms with Gasteiger partial charge >= 0.3 is 0 Å². The quantitative estimate of drug-likeness (QED) is 0.416. The van der Waals surface area contributed by atoms with E-state index in [0.717, 1.165) is 6.92 Å². The van der Waals surface area contributed by atoms with Gasteiger partial charge in [-0.2, -0.15) is 0 Å². The Morgan fingerprint density at radius 2 is 1.15 bits per heavy atom. The second-order valence-electron chi connectivity index (χ2n) is 1.67. The summed E-state index contributed by atoms with van der Waals surface area (Å²) in [7, 11) is 5.60. The van der Waals surface area contributed by atoms with Gasteiger partial charge in [0.15, 0.2) is 0 Å². The number of hydrogen-bond donors (Lipinski definition) is 0. The third-order valence-corrected chi connectivity index (χ3v) is 0.894. The molecule has 0 spiro atoms. The number of rotatable bonds is 4. The number of carbonyl (C=O) groups is 1. The third kappa shape index (κ3) is 7.62. The first kappa shape index (κ1) is 14.8. The summed E-state index contributed by atoms with van der Waals surface area (Å²) < 4.78 is 0. The van der Waals surface area contributed by atoms with Gasteiger partial charge < -0.3 is 9.90 Å². The van der Waals surface area contributed by atoms with Crippen molar-refractivity contribution in [1.82, 2.24) is 0 Å². The smallest absolute Gasteiger partial charge is 0.246 e. The molecule has 0 aromatic heterocycles. The first-order valence-corrected chi connectivity index (χ1v) is 3.27. The first-order valence-electron chi connectivity index (χ1n) is 3.27. The molecule has 0 radical (unpaired) electrons. The van der Waals surface area contributed by atoms with Crippen LogP contribution in [0.25, 0.3) is 0 Å². The van der Waals surface area contributed by atoms with Gasteiger partial charge in [-0.15, -0.1) is 0 Å². The molecule has 80 valence electrons. The van der Waals surface area contributed by atoms with Crippen molar-refractivity contribution in [3.8, 4) is 0 Å². The number of carboxylic acid groups (broad SMARTS) is 1. The normalized spacial score (nSPS) is 10.2. The molecule has 7 nitrogen and oxygen atoms in total. The van der Waals surface area contributed by atoms with E-state index < -0.39 is 11.1 Å². The van der Waals surface area contributed by atoms with Crippen LogP contribution in [0.1, 0.15) is 6.92 Å². The molecule has 0 N–H and O–H groups in total. The maximum atomic E-state index is 8.89. The van der Waals surface area contributed by atoms with Crippen LogP contribution in [0.15, 0.2) is 0 Å². The Labute approximate surface area is 76.8 Å². The molecule has 0 unspecified atom stereocenters. The highest BCUT2D eigenvalue weighted by atomic mass is 17.4. The van der Waals surface area contributed by atoms with Crippen molar-refractivity contribution >= 4 is 5.97 Å². The summed E-state index contributed by atoms with van der Waals surface area (Å²) in [5.41, 5.74) is 0. The molecule has 0 saturated carbocycles. The molecule has 0 amide bonds. The summed E-state index contributed by atoms with van der Waals surface area (Å²) in [6.07, 6.45) is 0. The van der Waals surface area contributed by atoms with Crippen LogP contribution in [-0.2, 0) is 24.1 Å². The van der Waals surface area contributed by atoms with Gasteiger partial charge in [-0.05, 0) is 6.92 Å². The lowest BCUT2D eigenvalue weighted by Crippen LogP contribution is -2.43. The molecule has 0 aromatic rings.